The molecule has 1 N–H and O–H groups in total. The number of aliphatic hydroxyl groups is 1. The predicted octanol–water partition coefficient (Wildman–Crippen LogP) is 4.49. The largest absolute Gasteiger partial charge is 0.464 e. The molecule has 1 aliphatic heterocycles. The molecule has 1 aromatic carbocycles. The van der Waals surface area contributed by atoms with Gasteiger partial charge in [0.2, 0.25) is 0 Å². The summed E-state index contributed by atoms with van der Waals surface area (Å²) in [7, 11) is 0. The first kappa shape index (κ1) is 23.7. The molecule has 0 amide bonds. The fourth-order valence-corrected chi connectivity index (χ4v) is 7.90. The van der Waals surface area contributed by atoms with Crippen LogP contribution >= 0.6 is 15.9 Å². The lowest BCUT2D eigenvalue weighted by Crippen LogP contribution is -2.64. The van der Waals surface area contributed by atoms with Gasteiger partial charge >= 0.3 is 11.9 Å². The van der Waals surface area contributed by atoms with Crippen LogP contribution in [0.25, 0.3) is 0 Å². The molecule has 6 atom stereocenters. The Morgan fingerprint density at radius 3 is 2.68 bits per heavy atom. The number of halogens is 1. The second-order valence-electron chi connectivity index (χ2n) is 11.0. The Balaban J connectivity index is 1.51. The maximum absolute atomic E-state index is 13.5. The summed E-state index contributed by atoms with van der Waals surface area (Å²) in [6, 6.07) is 6.99. The van der Waals surface area contributed by atoms with Gasteiger partial charge in [-0.05, 0) is 79.2 Å². The van der Waals surface area contributed by atoms with Crippen LogP contribution < -0.4 is 0 Å². The third-order valence-electron chi connectivity index (χ3n) is 9.43. The number of fused-ring (bicyclic) bond motifs is 2. The number of carbonyl (C=O) groups is 3. The lowest BCUT2D eigenvalue weighted by molar-refractivity contribution is -0.220. The molecule has 2 spiro atoms. The van der Waals surface area contributed by atoms with Crippen LogP contribution in [0.15, 0.2) is 40.9 Å². The summed E-state index contributed by atoms with van der Waals surface area (Å²) in [4.78, 5) is 39.5. The predicted molar refractivity (Wildman–Crippen MR) is 128 cm³/mol. The van der Waals surface area contributed by atoms with E-state index < -0.39 is 28.2 Å². The third kappa shape index (κ3) is 3.26. The Kier molecular flexibility index (Phi) is 5.79. The summed E-state index contributed by atoms with van der Waals surface area (Å²) < 4.78 is 12.6. The standard InChI is InChI=1S/C27H31BrO6/c1-16-18-6-9-20-26(15-34-24(32)27(20,12-18)22(16)30)11-3-10-25(2,14-29)21(26)13-33-23(31)17-4-7-19(28)8-5-17/h4-5,7-8,18,20-21,29H,1,3,6,9-15H2,2H3/t18-,20+,21-,25+,26-,27+/m1/s1. The van der Waals surface area contributed by atoms with E-state index in [1.807, 2.05) is 6.92 Å². The van der Waals surface area contributed by atoms with E-state index >= 15 is 0 Å². The second-order valence-corrected chi connectivity index (χ2v) is 11.9. The molecule has 1 aromatic rings. The van der Waals surface area contributed by atoms with E-state index in [2.05, 4.69) is 22.5 Å². The van der Waals surface area contributed by atoms with Crippen molar-refractivity contribution in [3.63, 3.8) is 0 Å². The zero-order valence-electron chi connectivity index (χ0n) is 19.5. The highest BCUT2D eigenvalue weighted by Gasteiger charge is 2.72. The van der Waals surface area contributed by atoms with Crippen molar-refractivity contribution in [3.8, 4) is 0 Å². The summed E-state index contributed by atoms with van der Waals surface area (Å²) in [5.74, 6) is -1.42. The first-order valence-electron chi connectivity index (χ1n) is 12.1. The number of hydrogen-bond acceptors (Lipinski definition) is 6. The van der Waals surface area contributed by atoms with Crippen molar-refractivity contribution in [1.29, 1.82) is 0 Å². The molecule has 4 fully saturated rings. The van der Waals surface area contributed by atoms with E-state index in [1.54, 1.807) is 24.3 Å². The van der Waals surface area contributed by atoms with Crippen LogP contribution in [-0.4, -0.2) is 42.6 Å². The zero-order chi connectivity index (χ0) is 24.3. The van der Waals surface area contributed by atoms with Crippen molar-refractivity contribution < 1.29 is 29.0 Å². The molecular formula is C27H31BrO6. The fraction of sp³-hybridized carbons (Fsp3) is 0.593. The monoisotopic (exact) mass is 530 g/mol. The number of rotatable bonds is 4. The fourth-order valence-electron chi connectivity index (χ4n) is 7.63. The highest BCUT2D eigenvalue weighted by Crippen LogP contribution is 2.68. The third-order valence-corrected chi connectivity index (χ3v) is 9.96. The number of esters is 2. The van der Waals surface area contributed by atoms with Gasteiger partial charge in [0, 0.05) is 22.4 Å². The van der Waals surface area contributed by atoms with E-state index in [0.717, 1.165) is 36.6 Å². The number of carbonyl (C=O) groups excluding carboxylic acids is 3. The van der Waals surface area contributed by atoms with Crippen molar-refractivity contribution in [2.75, 3.05) is 19.8 Å². The minimum atomic E-state index is -1.18. The first-order chi connectivity index (χ1) is 16.2. The zero-order valence-corrected chi connectivity index (χ0v) is 21.1. The number of Topliss-reactive ketones (excluding diaryl/α,β-unsaturated/α-hetero) is 1. The Morgan fingerprint density at radius 1 is 1.24 bits per heavy atom. The van der Waals surface area contributed by atoms with Crippen molar-refractivity contribution >= 4 is 33.7 Å². The van der Waals surface area contributed by atoms with Gasteiger partial charge in [-0.2, -0.15) is 0 Å². The number of aliphatic hydroxyl groups excluding tert-OH is 1. The molecule has 4 aliphatic rings. The average molecular weight is 531 g/mol. The average Bonchev–Trinajstić information content (AvgIpc) is 3.02. The molecule has 1 heterocycles. The van der Waals surface area contributed by atoms with Gasteiger partial charge in [-0.25, -0.2) is 4.79 Å². The lowest BCUT2D eigenvalue weighted by atomic mass is 9.44. The van der Waals surface area contributed by atoms with Crippen molar-refractivity contribution in [3.05, 3.63) is 46.5 Å². The van der Waals surface area contributed by atoms with Crippen LogP contribution in [0, 0.1) is 34.0 Å². The quantitative estimate of drug-likeness (QED) is 0.350. The van der Waals surface area contributed by atoms with Gasteiger partial charge in [0.1, 0.15) is 5.41 Å². The Bertz CT molecular complexity index is 1050. The van der Waals surface area contributed by atoms with Crippen molar-refractivity contribution in [1.82, 2.24) is 0 Å². The van der Waals surface area contributed by atoms with E-state index in [1.165, 1.54) is 0 Å². The summed E-state index contributed by atoms with van der Waals surface area (Å²) in [5.41, 5.74) is -1.23. The molecule has 2 bridgehead atoms. The van der Waals surface area contributed by atoms with Gasteiger partial charge in [0.15, 0.2) is 5.78 Å². The van der Waals surface area contributed by atoms with Gasteiger partial charge in [0.05, 0.1) is 18.8 Å². The van der Waals surface area contributed by atoms with Gasteiger partial charge in [-0.1, -0.05) is 35.9 Å². The Hall–Kier alpha value is -1.99. The molecule has 0 aromatic heterocycles. The molecule has 3 saturated carbocycles. The maximum Gasteiger partial charge on any atom is 0.338 e. The van der Waals surface area contributed by atoms with Gasteiger partial charge < -0.3 is 14.6 Å². The van der Waals surface area contributed by atoms with Crippen LogP contribution in [-0.2, 0) is 19.1 Å². The van der Waals surface area contributed by atoms with Gasteiger partial charge in [0.25, 0.3) is 0 Å². The molecule has 5 rings (SSSR count). The van der Waals surface area contributed by atoms with Crippen LogP contribution in [0.1, 0.15) is 55.8 Å². The molecule has 34 heavy (non-hydrogen) atoms. The van der Waals surface area contributed by atoms with E-state index in [4.69, 9.17) is 9.47 Å². The Morgan fingerprint density at radius 2 is 1.97 bits per heavy atom. The molecule has 6 nitrogen and oxygen atoms in total. The van der Waals surface area contributed by atoms with E-state index in [9.17, 15) is 19.5 Å². The minimum Gasteiger partial charge on any atom is -0.464 e. The molecule has 182 valence electrons. The highest BCUT2D eigenvalue weighted by atomic mass is 79.9. The maximum atomic E-state index is 13.5. The molecule has 0 unspecified atom stereocenters. The molecule has 0 radical (unpaired) electrons. The van der Waals surface area contributed by atoms with Crippen LogP contribution in [0.5, 0.6) is 0 Å². The number of allylic oxidation sites excluding steroid dienone is 1. The van der Waals surface area contributed by atoms with Gasteiger partial charge in [-0.3, -0.25) is 9.59 Å². The molecule has 1 saturated heterocycles. The number of ether oxygens (including phenoxy) is 2. The molecule has 3 aliphatic carbocycles. The smallest absolute Gasteiger partial charge is 0.338 e. The normalized spacial score (nSPS) is 39.0. The van der Waals surface area contributed by atoms with Crippen LogP contribution in [0.2, 0.25) is 0 Å². The van der Waals surface area contributed by atoms with E-state index in [-0.39, 0.29) is 43.4 Å². The first-order valence-corrected chi connectivity index (χ1v) is 12.9. The van der Waals surface area contributed by atoms with Crippen molar-refractivity contribution in [2.24, 2.45) is 34.0 Å². The van der Waals surface area contributed by atoms with Crippen molar-refractivity contribution in [2.45, 2.75) is 45.4 Å². The molecular weight excluding hydrogens is 500 g/mol. The van der Waals surface area contributed by atoms with Crippen LogP contribution in [0.3, 0.4) is 0 Å². The highest BCUT2D eigenvalue weighted by molar-refractivity contribution is 9.10. The number of benzene rings is 1. The summed E-state index contributed by atoms with van der Waals surface area (Å²) >= 11 is 3.37. The molecule has 7 heteroatoms. The van der Waals surface area contributed by atoms with Crippen LogP contribution in [0.4, 0.5) is 0 Å². The summed E-state index contributed by atoms with van der Waals surface area (Å²) in [6.45, 7) is 6.28. The number of cyclic esters (lactones) is 1. The van der Waals surface area contributed by atoms with Gasteiger partial charge in [-0.15, -0.1) is 0 Å². The Labute approximate surface area is 208 Å². The summed E-state index contributed by atoms with van der Waals surface area (Å²) in [5, 5.41) is 10.5. The SMILES string of the molecule is C=C1C(=O)[C@]23C[C@H]1CC[C@H]2[C@@]1(CCC[C@@](C)(CO)[C@H]1COC(=O)c1ccc(Br)cc1)COC3=O. The second kappa shape index (κ2) is 8.30. The minimum absolute atomic E-state index is 0.0351. The van der Waals surface area contributed by atoms with E-state index in [0.29, 0.717) is 17.6 Å². The lowest BCUT2D eigenvalue weighted by Gasteiger charge is -2.61. The number of hydrogen-bond donors (Lipinski definition) is 1. The summed E-state index contributed by atoms with van der Waals surface area (Å²) in [6.07, 6.45) is 4.44. The topological polar surface area (TPSA) is 89.9 Å². The number of ketones is 1.